The van der Waals surface area contributed by atoms with Crippen molar-refractivity contribution in [1.29, 1.82) is 5.26 Å². The van der Waals surface area contributed by atoms with Gasteiger partial charge in [0, 0.05) is 6.07 Å². The number of nitrogens with zero attached hydrogens (tertiary/aromatic N) is 2. The Morgan fingerprint density at radius 2 is 2.22 bits per heavy atom. The molecule has 18 heavy (non-hydrogen) atoms. The van der Waals surface area contributed by atoms with Crippen molar-refractivity contribution in [2.45, 2.75) is 12.8 Å². The number of carboxylic acid groups (broad SMARTS) is 1. The molecule has 0 aliphatic carbocycles. The van der Waals surface area contributed by atoms with E-state index in [-0.39, 0.29) is 11.4 Å². The number of alkyl halides is 3. The fraction of sp³-hybridized carbons (Fsp3) is 0.222. The van der Waals surface area contributed by atoms with Gasteiger partial charge in [0.2, 0.25) is 0 Å². The maximum absolute atomic E-state index is 12.0. The van der Waals surface area contributed by atoms with Crippen molar-refractivity contribution < 1.29 is 27.8 Å². The van der Waals surface area contributed by atoms with Gasteiger partial charge in [-0.1, -0.05) is 0 Å². The number of pyridine rings is 1. The smallest absolute Gasteiger partial charge is 0.481 e. The summed E-state index contributed by atoms with van der Waals surface area (Å²) < 4.78 is 39.6. The molecule has 0 saturated heterocycles. The van der Waals surface area contributed by atoms with Crippen molar-refractivity contribution in [3.63, 3.8) is 0 Å². The van der Waals surface area contributed by atoms with Crippen molar-refractivity contribution in [3.8, 4) is 11.8 Å². The van der Waals surface area contributed by atoms with Gasteiger partial charge in [-0.2, -0.15) is 5.26 Å². The molecule has 0 aromatic carbocycles. The fourth-order valence-corrected chi connectivity index (χ4v) is 1.11. The average Bonchev–Trinajstić information content (AvgIpc) is 2.19. The molecule has 0 bridgehead atoms. The highest BCUT2D eigenvalue weighted by atomic mass is 19.4. The molecule has 0 atom stereocenters. The second-order valence-electron chi connectivity index (χ2n) is 3.10. The minimum absolute atomic E-state index is 0.200. The molecule has 0 amide bonds. The number of ether oxygens (including phenoxy) is 1. The number of rotatable bonds is 3. The van der Waals surface area contributed by atoms with E-state index in [1.54, 1.807) is 0 Å². The van der Waals surface area contributed by atoms with Gasteiger partial charge in [0.1, 0.15) is 6.07 Å². The molecule has 6 nitrogen and oxygen atoms in total. The normalized spacial score (nSPS) is 10.8. The average molecular weight is 261 g/mol. The number of hydrogen-bond donors (Lipinski definition) is 2. The molecule has 0 aliphatic heterocycles. The number of anilines is 1. The Morgan fingerprint density at radius 1 is 1.61 bits per heavy atom. The summed E-state index contributed by atoms with van der Waals surface area (Å²) >= 11 is 0. The molecule has 1 rings (SSSR count). The number of nitrogen functional groups attached to an aromatic ring is 1. The van der Waals surface area contributed by atoms with E-state index in [4.69, 9.17) is 16.1 Å². The van der Waals surface area contributed by atoms with Crippen LogP contribution in [0.3, 0.4) is 0 Å². The molecule has 0 fully saturated rings. The monoisotopic (exact) mass is 261 g/mol. The second-order valence-corrected chi connectivity index (χ2v) is 3.10. The van der Waals surface area contributed by atoms with E-state index in [0.29, 0.717) is 0 Å². The SMILES string of the molecule is N#Cc1nc(CC(=O)O)c(N)cc1OC(F)(F)F. The standard InChI is InChI=1S/C9H6F3N3O3/c10-9(11,12)18-7-1-4(14)5(2-8(16)17)15-6(7)3-13/h1H,2,14H2,(H,16,17). The van der Waals surface area contributed by atoms with Gasteiger partial charge in [-0.25, -0.2) is 4.98 Å². The number of halogens is 3. The number of carboxylic acids is 1. The summed E-state index contributed by atoms with van der Waals surface area (Å²) in [7, 11) is 0. The van der Waals surface area contributed by atoms with E-state index in [2.05, 4.69) is 9.72 Å². The zero-order valence-corrected chi connectivity index (χ0v) is 8.65. The van der Waals surface area contributed by atoms with Crippen LogP contribution in [0, 0.1) is 11.3 Å². The van der Waals surface area contributed by atoms with Crippen LogP contribution in [0.1, 0.15) is 11.4 Å². The number of nitrogens with two attached hydrogens (primary N) is 1. The van der Waals surface area contributed by atoms with Crippen molar-refractivity contribution >= 4 is 11.7 Å². The van der Waals surface area contributed by atoms with Crippen LogP contribution in [0.4, 0.5) is 18.9 Å². The first-order valence-electron chi connectivity index (χ1n) is 4.40. The van der Waals surface area contributed by atoms with Crippen molar-refractivity contribution in [3.05, 3.63) is 17.5 Å². The Kier molecular flexibility index (Phi) is 3.61. The molecular weight excluding hydrogens is 255 g/mol. The van der Waals surface area contributed by atoms with Gasteiger partial charge in [-0.15, -0.1) is 13.2 Å². The summed E-state index contributed by atoms with van der Waals surface area (Å²) in [6, 6.07) is 2.09. The number of aromatic nitrogens is 1. The lowest BCUT2D eigenvalue weighted by molar-refractivity contribution is -0.274. The van der Waals surface area contributed by atoms with E-state index in [9.17, 15) is 18.0 Å². The molecule has 96 valence electrons. The third-order valence-corrected chi connectivity index (χ3v) is 1.75. The van der Waals surface area contributed by atoms with Gasteiger partial charge >= 0.3 is 12.3 Å². The van der Waals surface area contributed by atoms with Crippen LogP contribution in [-0.4, -0.2) is 22.4 Å². The fourth-order valence-electron chi connectivity index (χ4n) is 1.11. The highest BCUT2D eigenvalue weighted by molar-refractivity contribution is 5.72. The summed E-state index contributed by atoms with van der Waals surface area (Å²) in [6.45, 7) is 0. The van der Waals surface area contributed by atoms with E-state index in [1.807, 2.05) is 0 Å². The molecule has 3 N–H and O–H groups in total. The lowest BCUT2D eigenvalue weighted by Gasteiger charge is -2.11. The number of aliphatic carboxylic acids is 1. The molecule has 0 saturated carbocycles. The molecule has 1 aromatic heterocycles. The summed E-state index contributed by atoms with van der Waals surface area (Å²) in [5, 5.41) is 17.1. The van der Waals surface area contributed by atoms with Gasteiger partial charge in [0.25, 0.3) is 0 Å². The summed E-state index contributed by atoms with van der Waals surface area (Å²) in [6.07, 6.45) is -5.60. The third kappa shape index (κ3) is 3.51. The second kappa shape index (κ2) is 4.79. The molecule has 0 spiro atoms. The number of nitriles is 1. The first-order valence-corrected chi connectivity index (χ1v) is 4.40. The topological polar surface area (TPSA) is 109 Å². The van der Waals surface area contributed by atoms with Gasteiger partial charge < -0.3 is 15.6 Å². The molecule has 1 heterocycles. The maximum Gasteiger partial charge on any atom is 0.573 e. The van der Waals surface area contributed by atoms with Crippen LogP contribution in [0.5, 0.6) is 5.75 Å². The van der Waals surface area contributed by atoms with E-state index in [1.165, 1.54) is 6.07 Å². The van der Waals surface area contributed by atoms with Crippen LogP contribution >= 0.6 is 0 Å². The predicted molar refractivity (Wildman–Crippen MR) is 51.4 cm³/mol. The van der Waals surface area contributed by atoms with E-state index < -0.39 is 30.2 Å². The van der Waals surface area contributed by atoms with Crippen molar-refractivity contribution in [1.82, 2.24) is 4.98 Å². The van der Waals surface area contributed by atoms with Gasteiger partial charge in [-0.05, 0) is 0 Å². The van der Waals surface area contributed by atoms with Crippen LogP contribution in [0.2, 0.25) is 0 Å². The summed E-state index contributed by atoms with van der Waals surface area (Å²) in [5.41, 5.74) is 4.15. The zero-order valence-electron chi connectivity index (χ0n) is 8.65. The molecule has 1 aromatic rings. The van der Waals surface area contributed by atoms with Crippen LogP contribution in [0.25, 0.3) is 0 Å². The lowest BCUT2D eigenvalue weighted by Crippen LogP contribution is -2.19. The highest BCUT2D eigenvalue weighted by Crippen LogP contribution is 2.28. The minimum atomic E-state index is -4.99. The predicted octanol–water partition coefficient (Wildman–Crippen LogP) is 1.06. The Labute approximate surface area is 98.4 Å². The Balaban J connectivity index is 3.19. The Morgan fingerprint density at radius 3 is 2.67 bits per heavy atom. The molecule has 0 aliphatic rings. The van der Waals surface area contributed by atoms with Crippen molar-refractivity contribution in [2.24, 2.45) is 0 Å². The summed E-state index contributed by atoms with van der Waals surface area (Å²) in [4.78, 5) is 13.9. The molecule has 9 heteroatoms. The largest absolute Gasteiger partial charge is 0.573 e. The van der Waals surface area contributed by atoms with Crippen molar-refractivity contribution in [2.75, 3.05) is 5.73 Å². The van der Waals surface area contributed by atoms with Crippen LogP contribution in [-0.2, 0) is 11.2 Å². The van der Waals surface area contributed by atoms with E-state index >= 15 is 0 Å². The van der Waals surface area contributed by atoms with Crippen LogP contribution < -0.4 is 10.5 Å². The minimum Gasteiger partial charge on any atom is -0.481 e. The first kappa shape index (κ1) is 13.6. The number of hydrogen-bond acceptors (Lipinski definition) is 5. The third-order valence-electron chi connectivity index (χ3n) is 1.75. The first-order chi connectivity index (χ1) is 8.23. The maximum atomic E-state index is 12.0. The highest BCUT2D eigenvalue weighted by Gasteiger charge is 2.33. The molecular formula is C9H6F3N3O3. The lowest BCUT2D eigenvalue weighted by atomic mass is 10.2. The Hall–Kier alpha value is -2.50. The van der Waals surface area contributed by atoms with Gasteiger partial charge in [-0.3, -0.25) is 4.79 Å². The van der Waals surface area contributed by atoms with Gasteiger partial charge in [0.15, 0.2) is 11.4 Å². The summed E-state index contributed by atoms with van der Waals surface area (Å²) in [5.74, 6) is -2.14. The Bertz CT molecular complexity index is 522. The molecule has 0 unspecified atom stereocenters. The molecule has 0 radical (unpaired) electrons. The van der Waals surface area contributed by atoms with E-state index in [0.717, 1.165) is 6.07 Å². The van der Waals surface area contributed by atoms with Gasteiger partial charge in [0.05, 0.1) is 17.8 Å². The number of carbonyl (C=O) groups is 1. The van der Waals surface area contributed by atoms with Crippen LogP contribution in [0.15, 0.2) is 6.07 Å². The zero-order chi connectivity index (χ0) is 13.9. The quantitative estimate of drug-likeness (QED) is 0.841.